The predicted molar refractivity (Wildman–Crippen MR) is 229 cm³/mol. The molecule has 0 spiro atoms. The fraction of sp³-hybridized carbons (Fsp3) is 0.652. The van der Waals surface area contributed by atoms with Crippen molar-refractivity contribution in [2.24, 2.45) is 0 Å². The van der Waals surface area contributed by atoms with E-state index in [1.807, 2.05) is 152 Å². The van der Waals surface area contributed by atoms with Gasteiger partial charge >= 0.3 is 23.9 Å². The van der Waals surface area contributed by atoms with Crippen molar-refractivity contribution in [3.05, 3.63) is 65.7 Å². The number of benzene rings is 2. The monoisotopic (exact) mass is 825 g/mol. The quantitative estimate of drug-likeness (QED) is 0.180. The standard InChI is InChI=1S/C46H72N4O9/c1-43(2,3)56-39(51)30-47-22-23-48(31-40(52)57-44(4,5)6)26-27-50(33-42(54)59-46(10,11)12)37(29-49(25-24-47)32-41(53)58-45(7,8)9)28-35-18-20-38(21-19-35)55-34-36-16-14-13-15-17-36/h13-21,37H,22-34H2,1-12H3/t37-/m0/s1. The topological polar surface area (TPSA) is 127 Å². The summed E-state index contributed by atoms with van der Waals surface area (Å²) >= 11 is 0. The van der Waals surface area contributed by atoms with Crippen LogP contribution >= 0.6 is 0 Å². The highest BCUT2D eigenvalue weighted by atomic mass is 16.6. The zero-order chi connectivity index (χ0) is 44.0. The number of carbonyl (C=O) groups excluding carboxylic acids is 4. The molecule has 0 aromatic heterocycles. The van der Waals surface area contributed by atoms with Gasteiger partial charge in [-0.1, -0.05) is 42.5 Å². The van der Waals surface area contributed by atoms with E-state index < -0.39 is 22.4 Å². The molecule has 1 saturated heterocycles. The van der Waals surface area contributed by atoms with Gasteiger partial charge in [-0.05, 0) is 113 Å². The van der Waals surface area contributed by atoms with Crippen LogP contribution in [0.3, 0.4) is 0 Å². The lowest BCUT2D eigenvalue weighted by Crippen LogP contribution is -2.54. The van der Waals surface area contributed by atoms with Gasteiger partial charge in [-0.2, -0.15) is 0 Å². The van der Waals surface area contributed by atoms with Gasteiger partial charge in [0.25, 0.3) is 0 Å². The van der Waals surface area contributed by atoms with Crippen molar-refractivity contribution in [2.75, 3.05) is 72.0 Å². The fourth-order valence-electron chi connectivity index (χ4n) is 6.55. The molecule has 330 valence electrons. The molecule has 0 bridgehead atoms. The Morgan fingerprint density at radius 2 is 0.881 bits per heavy atom. The first-order valence-electron chi connectivity index (χ1n) is 20.8. The van der Waals surface area contributed by atoms with E-state index in [1.54, 1.807) is 0 Å². The molecule has 0 aliphatic carbocycles. The van der Waals surface area contributed by atoms with Crippen molar-refractivity contribution >= 4 is 23.9 Å². The summed E-state index contributed by atoms with van der Waals surface area (Å²) in [6.45, 7) is 25.5. The Bertz CT molecular complexity index is 1620. The molecule has 0 amide bonds. The largest absolute Gasteiger partial charge is 0.489 e. The van der Waals surface area contributed by atoms with Gasteiger partial charge in [0.05, 0.1) is 26.2 Å². The van der Waals surface area contributed by atoms with Crippen LogP contribution in [0.25, 0.3) is 0 Å². The minimum Gasteiger partial charge on any atom is -0.489 e. The summed E-state index contributed by atoms with van der Waals surface area (Å²) in [4.78, 5) is 61.6. The number of esters is 4. The van der Waals surface area contributed by atoms with Crippen LogP contribution in [0.5, 0.6) is 5.75 Å². The first-order chi connectivity index (χ1) is 27.3. The molecule has 1 atom stereocenters. The molecule has 13 nitrogen and oxygen atoms in total. The molecule has 0 unspecified atom stereocenters. The summed E-state index contributed by atoms with van der Waals surface area (Å²) in [6, 6.07) is 17.6. The van der Waals surface area contributed by atoms with Crippen LogP contribution in [0.4, 0.5) is 0 Å². The third-order valence-corrected chi connectivity index (χ3v) is 8.87. The second kappa shape index (κ2) is 22.0. The maximum absolute atomic E-state index is 13.6. The van der Waals surface area contributed by atoms with Crippen molar-refractivity contribution < 1.29 is 42.9 Å². The summed E-state index contributed by atoms with van der Waals surface area (Å²) in [5, 5.41) is 0. The Morgan fingerprint density at radius 3 is 1.32 bits per heavy atom. The smallest absolute Gasteiger partial charge is 0.320 e. The van der Waals surface area contributed by atoms with E-state index in [2.05, 4.69) is 4.90 Å². The lowest BCUT2D eigenvalue weighted by Gasteiger charge is -2.39. The lowest BCUT2D eigenvalue weighted by atomic mass is 10.0. The van der Waals surface area contributed by atoms with E-state index in [4.69, 9.17) is 23.7 Å². The Balaban J connectivity index is 2.03. The average molecular weight is 825 g/mol. The summed E-state index contributed by atoms with van der Waals surface area (Å²) in [7, 11) is 0. The fourth-order valence-corrected chi connectivity index (χ4v) is 6.55. The molecule has 2 aromatic carbocycles. The molecule has 2 aromatic rings. The van der Waals surface area contributed by atoms with Gasteiger partial charge in [0.1, 0.15) is 34.8 Å². The summed E-state index contributed by atoms with van der Waals surface area (Å²) in [5.74, 6) is -0.739. The average Bonchev–Trinajstić information content (AvgIpc) is 3.06. The van der Waals surface area contributed by atoms with Gasteiger partial charge in [0, 0.05) is 51.9 Å². The molecule has 0 radical (unpaired) electrons. The van der Waals surface area contributed by atoms with Crippen LogP contribution in [0.15, 0.2) is 54.6 Å². The van der Waals surface area contributed by atoms with Crippen LogP contribution in [-0.4, -0.2) is 144 Å². The second-order valence-electron chi connectivity index (χ2n) is 19.4. The van der Waals surface area contributed by atoms with Crippen molar-refractivity contribution in [1.29, 1.82) is 0 Å². The maximum atomic E-state index is 13.6. The van der Waals surface area contributed by atoms with Gasteiger partial charge in [0.15, 0.2) is 0 Å². The highest BCUT2D eigenvalue weighted by Gasteiger charge is 2.31. The Labute approximate surface area is 353 Å². The van der Waals surface area contributed by atoms with Crippen LogP contribution < -0.4 is 4.74 Å². The van der Waals surface area contributed by atoms with Crippen molar-refractivity contribution in [2.45, 2.75) is 125 Å². The predicted octanol–water partition coefficient (Wildman–Crippen LogP) is 5.77. The number of hydrogen-bond acceptors (Lipinski definition) is 13. The van der Waals surface area contributed by atoms with E-state index in [0.717, 1.165) is 16.9 Å². The molecule has 1 fully saturated rings. The first-order valence-corrected chi connectivity index (χ1v) is 20.8. The minimum atomic E-state index is -0.697. The SMILES string of the molecule is CC(C)(C)OC(=O)CN1CCN(CC(=O)OC(C)(C)C)CCN(CC(=O)OC(C)(C)C)[C@@H](Cc2ccc(OCc3ccccc3)cc2)CN(CC(=O)OC(C)(C)C)CC1. The zero-order valence-electron chi connectivity index (χ0n) is 37.9. The highest BCUT2D eigenvalue weighted by Crippen LogP contribution is 2.20. The molecule has 1 heterocycles. The van der Waals surface area contributed by atoms with E-state index in [-0.39, 0.29) is 56.1 Å². The van der Waals surface area contributed by atoms with E-state index in [1.165, 1.54) is 0 Å². The van der Waals surface area contributed by atoms with Crippen LogP contribution in [0, 0.1) is 0 Å². The molecular formula is C46H72N4O9. The van der Waals surface area contributed by atoms with Crippen molar-refractivity contribution in [3.63, 3.8) is 0 Å². The minimum absolute atomic E-state index is 0.00532. The Hall–Kier alpha value is -4.04. The number of rotatable bonds is 13. The number of nitrogens with zero attached hydrogens (tertiary/aromatic N) is 4. The molecule has 1 aliphatic rings. The third-order valence-electron chi connectivity index (χ3n) is 8.87. The molecule has 13 heteroatoms. The van der Waals surface area contributed by atoms with Gasteiger partial charge in [0.2, 0.25) is 0 Å². The molecular weight excluding hydrogens is 753 g/mol. The number of hydrogen-bond donors (Lipinski definition) is 0. The van der Waals surface area contributed by atoms with Crippen LogP contribution in [0.1, 0.15) is 94.2 Å². The normalized spacial score (nSPS) is 17.6. The van der Waals surface area contributed by atoms with E-state index in [9.17, 15) is 19.2 Å². The molecule has 3 rings (SSSR count). The zero-order valence-corrected chi connectivity index (χ0v) is 37.9. The van der Waals surface area contributed by atoms with Gasteiger partial charge < -0.3 is 23.7 Å². The second-order valence-corrected chi connectivity index (χ2v) is 19.4. The number of ether oxygens (including phenoxy) is 5. The van der Waals surface area contributed by atoms with Gasteiger partial charge in [-0.15, -0.1) is 0 Å². The molecule has 59 heavy (non-hydrogen) atoms. The molecule has 0 saturated carbocycles. The van der Waals surface area contributed by atoms with Crippen molar-refractivity contribution in [3.8, 4) is 5.75 Å². The summed E-state index contributed by atoms with van der Waals surface area (Å²) < 4.78 is 29.1. The lowest BCUT2D eigenvalue weighted by molar-refractivity contribution is -0.160. The summed E-state index contributed by atoms with van der Waals surface area (Å²) in [5.41, 5.74) is -0.629. The number of carbonyl (C=O) groups is 4. The third kappa shape index (κ3) is 21.7. The maximum Gasteiger partial charge on any atom is 0.320 e. The molecule has 1 aliphatic heterocycles. The Morgan fingerprint density at radius 1 is 0.492 bits per heavy atom. The van der Waals surface area contributed by atoms with Crippen LogP contribution in [-0.2, 0) is 51.2 Å². The van der Waals surface area contributed by atoms with Gasteiger partial charge in [-0.25, -0.2) is 0 Å². The van der Waals surface area contributed by atoms with Crippen molar-refractivity contribution in [1.82, 2.24) is 19.6 Å². The first kappa shape index (κ1) is 49.3. The highest BCUT2D eigenvalue weighted by molar-refractivity contribution is 5.73. The van der Waals surface area contributed by atoms with Crippen LogP contribution in [0.2, 0.25) is 0 Å². The van der Waals surface area contributed by atoms with E-state index in [0.29, 0.717) is 58.8 Å². The summed E-state index contributed by atoms with van der Waals surface area (Å²) in [6.07, 6.45) is 0.528. The van der Waals surface area contributed by atoms with E-state index >= 15 is 0 Å². The Kier molecular flexibility index (Phi) is 18.4. The van der Waals surface area contributed by atoms with Gasteiger partial charge in [-0.3, -0.25) is 38.8 Å². The molecule has 0 N–H and O–H groups in total.